The molecule has 0 bridgehead atoms. The lowest BCUT2D eigenvalue weighted by Gasteiger charge is -2.29. The molecule has 1 aromatic heterocycles. The van der Waals surface area contributed by atoms with E-state index in [0.717, 1.165) is 51.6 Å². The van der Waals surface area contributed by atoms with Crippen LogP contribution in [0.1, 0.15) is 67.0 Å². The van der Waals surface area contributed by atoms with Gasteiger partial charge in [0.25, 0.3) is 5.91 Å². The highest BCUT2D eigenvalue weighted by molar-refractivity contribution is 6.31. The molecular weight excluding hydrogens is 421 g/mol. The zero-order valence-corrected chi connectivity index (χ0v) is 18.2. The molecule has 0 atom stereocenters. The maximum Gasteiger partial charge on any atom is 0.276 e. The van der Waals surface area contributed by atoms with Gasteiger partial charge in [-0.05, 0) is 57.1 Å². The summed E-state index contributed by atoms with van der Waals surface area (Å²) in [6.07, 6.45) is 8.16. The lowest BCUT2D eigenvalue weighted by molar-refractivity contribution is -0.121. The highest BCUT2D eigenvalue weighted by Crippen LogP contribution is 2.28. The number of hydrogen-bond donors (Lipinski definition) is 1. The van der Waals surface area contributed by atoms with Crippen molar-refractivity contribution in [2.24, 2.45) is 0 Å². The van der Waals surface area contributed by atoms with Crippen LogP contribution < -0.4 is 5.32 Å². The van der Waals surface area contributed by atoms with Crippen LogP contribution in [0.5, 0.6) is 0 Å². The van der Waals surface area contributed by atoms with Crippen LogP contribution in [0.4, 0.5) is 4.39 Å². The molecule has 0 unspecified atom stereocenters. The average Bonchev–Trinajstić information content (AvgIpc) is 3.27. The monoisotopic (exact) mass is 447 g/mol. The van der Waals surface area contributed by atoms with Crippen molar-refractivity contribution in [3.63, 3.8) is 0 Å². The van der Waals surface area contributed by atoms with E-state index in [1.165, 1.54) is 18.6 Å². The van der Waals surface area contributed by atoms with Gasteiger partial charge in [-0.3, -0.25) is 9.59 Å². The Morgan fingerprint density at radius 2 is 1.87 bits per heavy atom. The Labute approximate surface area is 185 Å². The first kappa shape index (κ1) is 21.7. The van der Waals surface area contributed by atoms with E-state index >= 15 is 0 Å². The molecule has 0 spiro atoms. The summed E-state index contributed by atoms with van der Waals surface area (Å²) in [6, 6.07) is 4.61. The first-order valence-electron chi connectivity index (χ1n) is 10.9. The summed E-state index contributed by atoms with van der Waals surface area (Å²) in [5.41, 5.74) is 0.628. The van der Waals surface area contributed by atoms with Gasteiger partial charge in [0.1, 0.15) is 5.82 Å². The Bertz CT molecular complexity index is 915. The molecule has 0 radical (unpaired) electrons. The first-order chi connectivity index (χ1) is 15.0. The van der Waals surface area contributed by atoms with E-state index in [0.29, 0.717) is 5.69 Å². The van der Waals surface area contributed by atoms with Gasteiger partial charge in [0.05, 0.1) is 18.7 Å². The number of nitrogens with zero attached hydrogens (tertiary/aromatic N) is 4. The lowest BCUT2D eigenvalue weighted by Crippen LogP contribution is -2.39. The van der Waals surface area contributed by atoms with Gasteiger partial charge in [-0.2, -0.15) is 0 Å². The Kier molecular flexibility index (Phi) is 6.85. The zero-order chi connectivity index (χ0) is 21.8. The number of benzene rings is 1. The van der Waals surface area contributed by atoms with E-state index in [4.69, 9.17) is 11.6 Å². The third kappa shape index (κ3) is 5.23. The van der Waals surface area contributed by atoms with Crippen molar-refractivity contribution in [3.05, 3.63) is 46.5 Å². The second-order valence-corrected chi connectivity index (χ2v) is 8.79. The number of halogens is 2. The molecule has 2 fully saturated rings. The van der Waals surface area contributed by atoms with Crippen molar-refractivity contribution >= 4 is 23.4 Å². The lowest BCUT2D eigenvalue weighted by atomic mass is 9.91. The number of carbonyl (C=O) groups is 2. The molecule has 2 amide bonds. The number of rotatable bonds is 5. The Hall–Kier alpha value is -2.48. The maximum atomic E-state index is 13.9. The van der Waals surface area contributed by atoms with Crippen LogP contribution in [0.3, 0.4) is 0 Å². The van der Waals surface area contributed by atoms with Gasteiger partial charge in [-0.25, -0.2) is 9.07 Å². The normalized spacial score (nSPS) is 21.7. The quantitative estimate of drug-likeness (QED) is 0.760. The largest absolute Gasteiger partial charge is 0.353 e. The number of nitrogens with one attached hydrogen (secondary N) is 1. The highest BCUT2D eigenvalue weighted by atomic mass is 35.5. The fourth-order valence-corrected chi connectivity index (χ4v) is 4.67. The minimum atomic E-state index is -0.465. The molecule has 9 heteroatoms. The predicted octanol–water partition coefficient (Wildman–Crippen LogP) is 3.54. The summed E-state index contributed by atoms with van der Waals surface area (Å²) >= 11 is 6.01. The number of hydrogen-bond acceptors (Lipinski definition) is 4. The number of piperidine rings is 1. The van der Waals surface area contributed by atoms with E-state index in [1.54, 1.807) is 16.9 Å². The molecule has 2 aromatic rings. The zero-order valence-electron chi connectivity index (χ0n) is 17.4. The molecule has 166 valence electrons. The summed E-state index contributed by atoms with van der Waals surface area (Å²) in [7, 11) is 0. The van der Waals surface area contributed by atoms with Gasteiger partial charge in [0.2, 0.25) is 5.91 Å². The van der Waals surface area contributed by atoms with E-state index in [-0.39, 0.29) is 40.9 Å². The molecule has 1 aliphatic carbocycles. The van der Waals surface area contributed by atoms with Crippen LogP contribution in [-0.4, -0.2) is 50.8 Å². The summed E-state index contributed by atoms with van der Waals surface area (Å²) < 4.78 is 15.7. The standard InChI is InChI=1S/C22H27ClFN5O2/c23-18-5-4-6-19(24)17(18)13-21(30)25-15-7-9-16(10-8-15)29-14-20(26-27-29)22(31)28-11-2-1-3-12-28/h4-6,14-16H,1-3,7-13H2,(H,25,30). The van der Waals surface area contributed by atoms with Gasteiger partial charge in [0.15, 0.2) is 5.69 Å². The number of aromatic nitrogens is 3. The Morgan fingerprint density at radius 3 is 2.58 bits per heavy atom. The Morgan fingerprint density at radius 1 is 1.13 bits per heavy atom. The second kappa shape index (κ2) is 9.77. The van der Waals surface area contributed by atoms with Crippen molar-refractivity contribution < 1.29 is 14.0 Å². The van der Waals surface area contributed by atoms with Crippen LogP contribution in [-0.2, 0) is 11.2 Å². The van der Waals surface area contributed by atoms with Crippen molar-refractivity contribution in [2.75, 3.05) is 13.1 Å². The molecule has 7 nitrogen and oxygen atoms in total. The van der Waals surface area contributed by atoms with E-state index in [1.807, 2.05) is 4.90 Å². The van der Waals surface area contributed by atoms with Crippen LogP contribution in [0.2, 0.25) is 5.02 Å². The second-order valence-electron chi connectivity index (χ2n) is 8.39. The molecule has 1 saturated heterocycles. The molecule has 1 N–H and O–H groups in total. The van der Waals surface area contributed by atoms with Gasteiger partial charge in [-0.15, -0.1) is 5.10 Å². The summed E-state index contributed by atoms with van der Waals surface area (Å²) in [6.45, 7) is 1.57. The van der Waals surface area contributed by atoms with Crippen LogP contribution in [0.15, 0.2) is 24.4 Å². The van der Waals surface area contributed by atoms with Gasteiger partial charge in [-0.1, -0.05) is 22.9 Å². The number of carbonyl (C=O) groups excluding carboxylic acids is 2. The first-order valence-corrected chi connectivity index (χ1v) is 11.3. The molecular formula is C22H27ClFN5O2. The minimum absolute atomic E-state index is 0.0345. The smallest absolute Gasteiger partial charge is 0.276 e. The number of amides is 2. The molecule has 4 rings (SSSR count). The SMILES string of the molecule is O=C(Cc1c(F)cccc1Cl)NC1CCC(n2cc(C(=O)N3CCCCC3)nn2)CC1. The summed E-state index contributed by atoms with van der Waals surface area (Å²) in [5, 5.41) is 11.5. The van der Waals surface area contributed by atoms with Crippen LogP contribution in [0.25, 0.3) is 0 Å². The highest BCUT2D eigenvalue weighted by Gasteiger charge is 2.27. The fraction of sp³-hybridized carbons (Fsp3) is 0.545. The van der Waals surface area contributed by atoms with Crippen molar-refractivity contribution in [1.29, 1.82) is 0 Å². The van der Waals surface area contributed by atoms with E-state index in [9.17, 15) is 14.0 Å². The number of likely N-dealkylation sites (tertiary alicyclic amines) is 1. The molecule has 1 aliphatic heterocycles. The molecule has 2 aliphatic rings. The molecule has 2 heterocycles. The van der Waals surface area contributed by atoms with Crippen LogP contribution in [0, 0.1) is 5.82 Å². The summed E-state index contributed by atoms with van der Waals surface area (Å²) in [5.74, 6) is -0.739. The maximum absolute atomic E-state index is 13.9. The van der Waals surface area contributed by atoms with Crippen molar-refractivity contribution in [2.45, 2.75) is 63.5 Å². The van der Waals surface area contributed by atoms with E-state index < -0.39 is 5.82 Å². The average molecular weight is 448 g/mol. The van der Waals surface area contributed by atoms with Gasteiger partial charge < -0.3 is 10.2 Å². The Balaban J connectivity index is 1.27. The fourth-order valence-electron chi connectivity index (χ4n) is 4.44. The van der Waals surface area contributed by atoms with E-state index in [2.05, 4.69) is 15.6 Å². The summed E-state index contributed by atoms with van der Waals surface area (Å²) in [4.78, 5) is 26.8. The van der Waals surface area contributed by atoms with Crippen molar-refractivity contribution in [1.82, 2.24) is 25.2 Å². The third-order valence-corrected chi connectivity index (χ3v) is 6.56. The molecule has 31 heavy (non-hydrogen) atoms. The van der Waals surface area contributed by atoms with Crippen LogP contribution >= 0.6 is 11.6 Å². The van der Waals surface area contributed by atoms with Crippen molar-refractivity contribution in [3.8, 4) is 0 Å². The molecule has 1 saturated carbocycles. The van der Waals surface area contributed by atoms with Gasteiger partial charge >= 0.3 is 0 Å². The topological polar surface area (TPSA) is 80.1 Å². The van der Waals surface area contributed by atoms with Gasteiger partial charge in [0, 0.05) is 29.7 Å². The minimum Gasteiger partial charge on any atom is -0.353 e. The molecule has 1 aromatic carbocycles. The predicted molar refractivity (Wildman–Crippen MR) is 114 cm³/mol. The third-order valence-electron chi connectivity index (χ3n) is 6.21.